The van der Waals surface area contributed by atoms with Gasteiger partial charge in [0.15, 0.2) is 0 Å². The van der Waals surface area contributed by atoms with E-state index in [2.05, 4.69) is 30.9 Å². The van der Waals surface area contributed by atoms with Crippen LogP contribution in [0.25, 0.3) is 0 Å². The molecule has 3 saturated carbocycles. The molecule has 3 aliphatic carbocycles. The fraction of sp³-hybridized carbons (Fsp3) is 0.857. The average molecular weight is 466 g/mol. The standard InChI is InChI=1S/C28H45F2NO2/c1-19(17-31-13-11-20(18-31)6-10-27(29)30)25-8-9-26-22(4-3-12-28(25,26)2)7-5-21-14-23(32)16-24(33)15-21/h5,7,19-20,23-27,32-33H,3-4,6,8-18H2,1-2H3/b22-7+/t19?,20-,23+,24+,25+,26-,28+/m0/s1. The van der Waals surface area contributed by atoms with Gasteiger partial charge < -0.3 is 15.1 Å². The molecule has 0 aromatic carbocycles. The fourth-order valence-electron chi connectivity index (χ4n) is 7.96. The summed E-state index contributed by atoms with van der Waals surface area (Å²) in [6, 6.07) is 0. The summed E-state index contributed by atoms with van der Waals surface area (Å²) in [4.78, 5) is 2.54. The highest BCUT2D eigenvalue weighted by molar-refractivity contribution is 5.26. The molecule has 4 aliphatic rings. The third-order valence-electron chi connectivity index (χ3n) is 9.51. The molecule has 2 N–H and O–H groups in total. The summed E-state index contributed by atoms with van der Waals surface area (Å²) in [7, 11) is 0. The van der Waals surface area contributed by atoms with Crippen molar-refractivity contribution in [3.8, 4) is 0 Å². The molecule has 1 unspecified atom stereocenters. The molecule has 0 aromatic rings. The summed E-state index contributed by atoms with van der Waals surface area (Å²) in [5.74, 6) is 2.45. The number of alkyl halides is 2. The Balaban J connectivity index is 1.36. The van der Waals surface area contributed by atoms with Gasteiger partial charge in [-0.3, -0.25) is 0 Å². The van der Waals surface area contributed by atoms with E-state index in [-0.39, 0.29) is 6.42 Å². The van der Waals surface area contributed by atoms with Gasteiger partial charge in [0.25, 0.3) is 0 Å². The van der Waals surface area contributed by atoms with Gasteiger partial charge in [-0.05, 0) is 99.8 Å². The number of rotatable bonds is 7. The molecule has 33 heavy (non-hydrogen) atoms. The zero-order chi connectivity index (χ0) is 23.6. The number of likely N-dealkylation sites (tertiary alicyclic amines) is 1. The van der Waals surface area contributed by atoms with E-state index in [1.165, 1.54) is 37.7 Å². The van der Waals surface area contributed by atoms with Crippen LogP contribution in [-0.2, 0) is 0 Å². The third-order valence-corrected chi connectivity index (χ3v) is 9.51. The highest BCUT2D eigenvalue weighted by atomic mass is 19.3. The largest absolute Gasteiger partial charge is 0.393 e. The van der Waals surface area contributed by atoms with Crippen molar-refractivity contribution < 1.29 is 19.0 Å². The predicted octanol–water partition coefficient (Wildman–Crippen LogP) is 5.96. The zero-order valence-electron chi connectivity index (χ0n) is 20.7. The van der Waals surface area contributed by atoms with Gasteiger partial charge in [-0.15, -0.1) is 0 Å². The Labute approximate surface area is 199 Å². The Morgan fingerprint density at radius 3 is 2.61 bits per heavy atom. The lowest BCUT2D eigenvalue weighted by Gasteiger charge is -2.45. The maximum absolute atomic E-state index is 12.6. The number of nitrogens with zero attached hydrogens (tertiary/aromatic N) is 1. The smallest absolute Gasteiger partial charge is 0.238 e. The fourth-order valence-corrected chi connectivity index (χ4v) is 7.96. The van der Waals surface area contributed by atoms with Crippen molar-refractivity contribution >= 4 is 0 Å². The lowest BCUT2D eigenvalue weighted by Crippen LogP contribution is -2.39. The SMILES string of the molecule is CC(CN1CC[C@H](CCC(F)F)C1)[C@H]1CC[C@H]2/C(=C/C=C3C[C@@H](O)C[C@H](O)C3)CCC[C@]12C. The molecule has 4 fully saturated rings. The molecule has 4 rings (SSSR count). The van der Waals surface area contributed by atoms with Crippen molar-refractivity contribution in [3.63, 3.8) is 0 Å². The molecule has 0 amide bonds. The number of aliphatic hydroxyl groups is 2. The van der Waals surface area contributed by atoms with Crippen LogP contribution < -0.4 is 0 Å². The monoisotopic (exact) mass is 465 g/mol. The predicted molar refractivity (Wildman–Crippen MR) is 129 cm³/mol. The van der Waals surface area contributed by atoms with Crippen LogP contribution in [0.2, 0.25) is 0 Å². The van der Waals surface area contributed by atoms with E-state index in [1.807, 2.05) is 0 Å². The minimum Gasteiger partial charge on any atom is -0.393 e. The number of hydrogen-bond acceptors (Lipinski definition) is 3. The van der Waals surface area contributed by atoms with Crippen LogP contribution in [0.5, 0.6) is 0 Å². The molecule has 0 bridgehead atoms. The number of halogens is 2. The number of fused-ring (bicyclic) bond motifs is 1. The first-order chi connectivity index (χ1) is 15.7. The van der Waals surface area contributed by atoms with Gasteiger partial charge in [-0.1, -0.05) is 37.1 Å². The second-order valence-electron chi connectivity index (χ2n) is 12.0. The van der Waals surface area contributed by atoms with Gasteiger partial charge >= 0.3 is 0 Å². The first-order valence-electron chi connectivity index (χ1n) is 13.5. The molecule has 1 aliphatic heterocycles. The van der Waals surface area contributed by atoms with E-state index < -0.39 is 18.6 Å². The second-order valence-corrected chi connectivity index (χ2v) is 12.0. The molecule has 0 spiro atoms. The van der Waals surface area contributed by atoms with E-state index in [1.54, 1.807) is 5.57 Å². The summed E-state index contributed by atoms with van der Waals surface area (Å²) in [6.07, 6.45) is 11.5. The molecule has 188 valence electrons. The van der Waals surface area contributed by atoms with Gasteiger partial charge in [0.2, 0.25) is 6.43 Å². The molecule has 1 saturated heterocycles. The van der Waals surface area contributed by atoms with Crippen LogP contribution in [0.1, 0.15) is 84.5 Å². The van der Waals surface area contributed by atoms with Crippen LogP contribution in [0, 0.1) is 29.1 Å². The van der Waals surface area contributed by atoms with E-state index in [0.29, 0.717) is 48.9 Å². The molecular weight excluding hydrogens is 420 g/mol. The molecule has 5 heteroatoms. The van der Waals surface area contributed by atoms with Crippen molar-refractivity contribution in [1.82, 2.24) is 4.90 Å². The van der Waals surface area contributed by atoms with Crippen molar-refractivity contribution in [2.75, 3.05) is 19.6 Å². The van der Waals surface area contributed by atoms with Gasteiger partial charge in [0.05, 0.1) is 12.2 Å². The van der Waals surface area contributed by atoms with Crippen molar-refractivity contribution in [1.29, 1.82) is 0 Å². The maximum Gasteiger partial charge on any atom is 0.238 e. The van der Waals surface area contributed by atoms with E-state index in [4.69, 9.17) is 0 Å². The first-order valence-corrected chi connectivity index (χ1v) is 13.5. The van der Waals surface area contributed by atoms with Gasteiger partial charge in [-0.25, -0.2) is 8.78 Å². The Kier molecular flexibility index (Phi) is 8.34. The van der Waals surface area contributed by atoms with Crippen LogP contribution >= 0.6 is 0 Å². The molecule has 0 aromatic heterocycles. The van der Waals surface area contributed by atoms with E-state index in [9.17, 15) is 19.0 Å². The highest BCUT2D eigenvalue weighted by Crippen LogP contribution is 2.59. The Morgan fingerprint density at radius 1 is 1.12 bits per heavy atom. The summed E-state index contributed by atoms with van der Waals surface area (Å²) < 4.78 is 25.2. The van der Waals surface area contributed by atoms with Crippen LogP contribution in [0.3, 0.4) is 0 Å². The minimum atomic E-state index is -2.16. The lowest BCUT2D eigenvalue weighted by molar-refractivity contribution is 0.0609. The Hall–Kier alpha value is -0.780. The Bertz CT molecular complexity index is 711. The maximum atomic E-state index is 12.6. The molecule has 7 atom stereocenters. The van der Waals surface area contributed by atoms with Crippen molar-refractivity contribution in [2.24, 2.45) is 29.1 Å². The summed E-state index contributed by atoms with van der Waals surface area (Å²) in [5, 5.41) is 20.0. The highest BCUT2D eigenvalue weighted by Gasteiger charge is 2.50. The topological polar surface area (TPSA) is 43.7 Å². The summed E-state index contributed by atoms with van der Waals surface area (Å²) in [6.45, 7) is 8.13. The zero-order valence-corrected chi connectivity index (χ0v) is 20.7. The van der Waals surface area contributed by atoms with Crippen LogP contribution in [-0.4, -0.2) is 53.4 Å². The Morgan fingerprint density at radius 2 is 1.88 bits per heavy atom. The minimum absolute atomic E-state index is 0.0552. The third kappa shape index (κ3) is 6.08. The van der Waals surface area contributed by atoms with Gasteiger partial charge in [0.1, 0.15) is 0 Å². The van der Waals surface area contributed by atoms with Crippen molar-refractivity contribution in [3.05, 3.63) is 23.3 Å². The number of allylic oxidation sites excluding steroid dienone is 3. The quantitative estimate of drug-likeness (QED) is 0.487. The second kappa shape index (κ2) is 10.9. The summed E-state index contributed by atoms with van der Waals surface area (Å²) in [5.41, 5.74) is 3.11. The van der Waals surface area contributed by atoms with Crippen LogP contribution in [0.4, 0.5) is 8.78 Å². The lowest BCUT2D eigenvalue weighted by atomic mass is 9.61. The number of aliphatic hydroxyl groups excluding tert-OH is 2. The van der Waals surface area contributed by atoms with Gasteiger partial charge in [-0.2, -0.15) is 0 Å². The molecular formula is C28H45F2NO2. The molecule has 3 nitrogen and oxygen atoms in total. The van der Waals surface area contributed by atoms with E-state index in [0.717, 1.165) is 32.0 Å². The number of hydrogen-bond donors (Lipinski definition) is 2. The normalized spacial score (nSPS) is 39.9. The first kappa shape index (κ1) is 25.3. The van der Waals surface area contributed by atoms with Crippen molar-refractivity contribution in [2.45, 2.75) is 103 Å². The summed E-state index contributed by atoms with van der Waals surface area (Å²) >= 11 is 0. The van der Waals surface area contributed by atoms with Gasteiger partial charge in [0, 0.05) is 19.5 Å². The molecule has 0 radical (unpaired) electrons. The molecule has 1 heterocycles. The van der Waals surface area contributed by atoms with E-state index >= 15 is 0 Å². The van der Waals surface area contributed by atoms with Crippen LogP contribution in [0.15, 0.2) is 23.3 Å². The average Bonchev–Trinajstić information content (AvgIpc) is 3.33.